The zero-order chi connectivity index (χ0) is 14.8. The highest BCUT2D eigenvalue weighted by molar-refractivity contribution is 5.97. The van der Waals surface area contributed by atoms with Gasteiger partial charge >= 0.3 is 0 Å². The molecule has 0 unspecified atom stereocenters. The van der Waals surface area contributed by atoms with Gasteiger partial charge < -0.3 is 4.90 Å². The molecule has 0 N–H and O–H groups in total. The quantitative estimate of drug-likeness (QED) is 0.794. The fraction of sp³-hybridized carbons (Fsp3) is 0.556. The van der Waals surface area contributed by atoms with Crippen molar-refractivity contribution in [3.05, 3.63) is 35.4 Å². The minimum absolute atomic E-state index is 0.0407. The Labute approximate surface area is 126 Å². The van der Waals surface area contributed by atoms with Crippen LogP contribution in [-0.2, 0) is 0 Å². The van der Waals surface area contributed by atoms with E-state index in [0.717, 1.165) is 19.4 Å². The monoisotopic (exact) mass is 285 g/mol. The number of carbonyl (C=O) groups is 2. The highest BCUT2D eigenvalue weighted by Crippen LogP contribution is 2.36. The predicted molar refractivity (Wildman–Crippen MR) is 82.5 cm³/mol. The minimum Gasteiger partial charge on any atom is -0.335 e. The third kappa shape index (κ3) is 2.87. The van der Waals surface area contributed by atoms with Crippen molar-refractivity contribution in [2.24, 2.45) is 5.92 Å². The molecular formula is C18H23NO2. The smallest absolute Gasteiger partial charge is 0.254 e. The maximum absolute atomic E-state index is 12.7. The van der Waals surface area contributed by atoms with Crippen LogP contribution in [0.3, 0.4) is 0 Å². The summed E-state index contributed by atoms with van der Waals surface area (Å²) >= 11 is 0. The summed E-state index contributed by atoms with van der Waals surface area (Å²) in [6, 6.07) is 7.55. The maximum Gasteiger partial charge on any atom is 0.254 e. The molecule has 21 heavy (non-hydrogen) atoms. The molecule has 1 saturated heterocycles. The van der Waals surface area contributed by atoms with Crippen LogP contribution in [-0.4, -0.2) is 29.2 Å². The van der Waals surface area contributed by atoms with Crippen molar-refractivity contribution in [1.82, 2.24) is 4.90 Å². The Balaban J connectivity index is 1.75. The van der Waals surface area contributed by atoms with Crippen LogP contribution >= 0.6 is 0 Å². The van der Waals surface area contributed by atoms with Gasteiger partial charge in [0, 0.05) is 23.7 Å². The van der Waals surface area contributed by atoms with Crippen LogP contribution in [0, 0.1) is 5.92 Å². The Morgan fingerprint density at radius 3 is 2.19 bits per heavy atom. The standard InChI is InChI=1S/C18H23NO2/c1-13(20)14-8-10-16(11-9-14)18(21)19-12-4-7-17(19)15-5-2-3-6-15/h8-11,15,17H,2-7,12H2,1H3/t17-/m0/s1. The summed E-state index contributed by atoms with van der Waals surface area (Å²) in [4.78, 5) is 26.1. The normalized spacial score (nSPS) is 22.7. The summed E-state index contributed by atoms with van der Waals surface area (Å²) in [5.41, 5.74) is 1.38. The number of ketones is 1. The Kier molecular flexibility index (Phi) is 4.09. The van der Waals surface area contributed by atoms with E-state index in [1.807, 2.05) is 0 Å². The van der Waals surface area contributed by atoms with E-state index in [1.165, 1.54) is 25.7 Å². The molecule has 0 spiro atoms. The van der Waals surface area contributed by atoms with E-state index in [0.29, 0.717) is 23.1 Å². The number of likely N-dealkylation sites (tertiary alicyclic amines) is 1. The average molecular weight is 285 g/mol. The van der Waals surface area contributed by atoms with Gasteiger partial charge in [-0.05, 0) is 50.7 Å². The van der Waals surface area contributed by atoms with Crippen molar-refractivity contribution >= 4 is 11.7 Å². The van der Waals surface area contributed by atoms with Gasteiger partial charge in [-0.3, -0.25) is 9.59 Å². The molecule has 1 saturated carbocycles. The van der Waals surface area contributed by atoms with Crippen molar-refractivity contribution < 1.29 is 9.59 Å². The second kappa shape index (κ2) is 6.00. The maximum atomic E-state index is 12.7. The lowest BCUT2D eigenvalue weighted by Crippen LogP contribution is -2.39. The molecule has 3 rings (SSSR count). The molecule has 1 amide bonds. The third-order valence-electron chi connectivity index (χ3n) is 5.04. The molecule has 0 aromatic heterocycles. The zero-order valence-corrected chi connectivity index (χ0v) is 12.7. The van der Waals surface area contributed by atoms with E-state index in [4.69, 9.17) is 0 Å². The molecule has 1 aliphatic carbocycles. The van der Waals surface area contributed by atoms with E-state index < -0.39 is 0 Å². The SMILES string of the molecule is CC(=O)c1ccc(C(=O)N2CCC[C@H]2C2CCCC2)cc1. The van der Waals surface area contributed by atoms with Crippen LogP contribution in [0.4, 0.5) is 0 Å². The molecule has 0 radical (unpaired) electrons. The second-order valence-electron chi connectivity index (χ2n) is 6.39. The lowest BCUT2D eigenvalue weighted by molar-refractivity contribution is 0.0688. The van der Waals surface area contributed by atoms with Crippen LogP contribution in [0.1, 0.15) is 66.2 Å². The van der Waals surface area contributed by atoms with Crippen LogP contribution < -0.4 is 0 Å². The Morgan fingerprint density at radius 2 is 1.57 bits per heavy atom. The second-order valence-corrected chi connectivity index (χ2v) is 6.39. The molecule has 112 valence electrons. The number of carbonyl (C=O) groups excluding carboxylic acids is 2. The number of rotatable bonds is 3. The van der Waals surface area contributed by atoms with Crippen molar-refractivity contribution in [1.29, 1.82) is 0 Å². The number of amides is 1. The molecule has 3 heteroatoms. The molecule has 1 aliphatic heterocycles. The fourth-order valence-corrected chi connectivity index (χ4v) is 3.89. The van der Waals surface area contributed by atoms with Gasteiger partial charge in [-0.25, -0.2) is 0 Å². The summed E-state index contributed by atoms with van der Waals surface area (Å²) < 4.78 is 0. The van der Waals surface area contributed by atoms with Gasteiger partial charge in [-0.2, -0.15) is 0 Å². The zero-order valence-electron chi connectivity index (χ0n) is 12.7. The van der Waals surface area contributed by atoms with Crippen molar-refractivity contribution in [2.45, 2.75) is 51.5 Å². The van der Waals surface area contributed by atoms with E-state index >= 15 is 0 Å². The van der Waals surface area contributed by atoms with Crippen LogP contribution in [0.5, 0.6) is 0 Å². The van der Waals surface area contributed by atoms with Gasteiger partial charge in [-0.1, -0.05) is 25.0 Å². The van der Waals surface area contributed by atoms with Crippen molar-refractivity contribution in [3.8, 4) is 0 Å². The highest BCUT2D eigenvalue weighted by Gasteiger charge is 2.36. The van der Waals surface area contributed by atoms with Gasteiger partial charge in [0.15, 0.2) is 5.78 Å². The van der Waals surface area contributed by atoms with Crippen molar-refractivity contribution in [3.63, 3.8) is 0 Å². The first-order valence-electron chi connectivity index (χ1n) is 8.09. The lowest BCUT2D eigenvalue weighted by Gasteiger charge is -2.29. The summed E-state index contributed by atoms with van der Waals surface area (Å²) in [5.74, 6) is 0.881. The van der Waals surface area contributed by atoms with Gasteiger partial charge in [0.1, 0.15) is 0 Å². The first kappa shape index (κ1) is 14.3. The minimum atomic E-state index is 0.0407. The van der Waals surface area contributed by atoms with Gasteiger partial charge in [0.25, 0.3) is 5.91 Å². The van der Waals surface area contributed by atoms with Gasteiger partial charge in [-0.15, -0.1) is 0 Å². The largest absolute Gasteiger partial charge is 0.335 e. The molecule has 1 aromatic rings. The van der Waals surface area contributed by atoms with E-state index in [2.05, 4.69) is 4.90 Å². The topological polar surface area (TPSA) is 37.4 Å². The molecule has 2 fully saturated rings. The Morgan fingerprint density at radius 1 is 0.952 bits per heavy atom. The van der Waals surface area contributed by atoms with Gasteiger partial charge in [0.2, 0.25) is 0 Å². The van der Waals surface area contributed by atoms with Crippen LogP contribution in [0.25, 0.3) is 0 Å². The Hall–Kier alpha value is -1.64. The van der Waals surface area contributed by atoms with E-state index in [1.54, 1.807) is 31.2 Å². The van der Waals surface area contributed by atoms with E-state index in [-0.39, 0.29) is 11.7 Å². The summed E-state index contributed by atoms with van der Waals surface area (Å²) in [6.45, 7) is 2.43. The first-order chi connectivity index (χ1) is 10.2. The van der Waals surface area contributed by atoms with Crippen LogP contribution in [0.2, 0.25) is 0 Å². The van der Waals surface area contributed by atoms with Crippen molar-refractivity contribution in [2.75, 3.05) is 6.54 Å². The molecule has 1 aromatic carbocycles. The number of Topliss-reactive ketones (excluding diaryl/α,β-unsaturated/α-hetero) is 1. The molecule has 3 nitrogen and oxygen atoms in total. The molecule has 1 heterocycles. The number of hydrogen-bond acceptors (Lipinski definition) is 2. The Bertz CT molecular complexity index is 529. The summed E-state index contributed by atoms with van der Waals surface area (Å²) in [5, 5.41) is 0. The fourth-order valence-electron chi connectivity index (χ4n) is 3.89. The van der Waals surface area contributed by atoms with Crippen LogP contribution in [0.15, 0.2) is 24.3 Å². The average Bonchev–Trinajstić information content (AvgIpc) is 3.17. The number of hydrogen-bond donors (Lipinski definition) is 0. The summed E-state index contributed by atoms with van der Waals surface area (Å²) in [7, 11) is 0. The van der Waals surface area contributed by atoms with E-state index in [9.17, 15) is 9.59 Å². The molecule has 1 atom stereocenters. The summed E-state index contributed by atoms with van der Waals surface area (Å²) in [6.07, 6.45) is 7.46. The molecular weight excluding hydrogens is 262 g/mol. The third-order valence-corrected chi connectivity index (χ3v) is 5.04. The molecule has 2 aliphatic rings. The first-order valence-corrected chi connectivity index (χ1v) is 8.09. The van der Waals surface area contributed by atoms with Gasteiger partial charge in [0.05, 0.1) is 0 Å². The number of benzene rings is 1. The number of nitrogens with zero attached hydrogens (tertiary/aromatic N) is 1. The predicted octanol–water partition coefficient (Wildman–Crippen LogP) is 3.68. The molecule has 0 bridgehead atoms. The highest BCUT2D eigenvalue weighted by atomic mass is 16.2. The lowest BCUT2D eigenvalue weighted by atomic mass is 9.95.